The first-order valence-electron chi connectivity index (χ1n) is 9.05. The van der Waals surface area contributed by atoms with Gasteiger partial charge < -0.3 is 0 Å². The van der Waals surface area contributed by atoms with Gasteiger partial charge in [0.05, 0.1) is 0 Å². The summed E-state index contributed by atoms with van der Waals surface area (Å²) in [7, 11) is 1.97. The lowest BCUT2D eigenvalue weighted by Crippen LogP contribution is -2.27. The van der Waals surface area contributed by atoms with Crippen molar-refractivity contribution in [3.05, 3.63) is 53.7 Å². The fraction of sp³-hybridized carbons (Fsp3) is 0.381. The second kappa shape index (κ2) is 6.68. The molecule has 0 aliphatic heterocycles. The van der Waals surface area contributed by atoms with Crippen molar-refractivity contribution in [1.29, 1.82) is 0 Å². The highest BCUT2D eigenvalue weighted by Crippen LogP contribution is 2.38. The third-order valence-corrected chi connectivity index (χ3v) is 6.48. The van der Waals surface area contributed by atoms with Gasteiger partial charge in [0, 0.05) is 30.1 Å². The third kappa shape index (κ3) is 2.99. The smallest absolute Gasteiger partial charge is 0.183 e. The zero-order chi connectivity index (χ0) is 17.4. The number of nitrogens with zero attached hydrogens (tertiary/aromatic N) is 2. The maximum absolute atomic E-state index is 12.9. The lowest BCUT2D eigenvalue weighted by atomic mass is 9.76. The molecule has 1 aliphatic rings. The lowest BCUT2D eigenvalue weighted by Gasteiger charge is -2.29. The third-order valence-electron chi connectivity index (χ3n) is 5.58. The quantitative estimate of drug-likeness (QED) is 0.574. The lowest BCUT2D eigenvalue weighted by molar-refractivity contribution is -0.118. The predicted molar refractivity (Wildman–Crippen MR) is 105 cm³/mol. The number of hydrogen-bond acceptors (Lipinski definition) is 2. The van der Waals surface area contributed by atoms with Gasteiger partial charge in [-0.3, -0.25) is 14.2 Å². The molecule has 1 aromatic carbocycles. The summed E-state index contributed by atoms with van der Waals surface area (Å²) in [6.07, 6.45) is 10.1. The molecule has 1 aliphatic carbocycles. The Kier molecular flexibility index (Phi) is 4.38. The van der Waals surface area contributed by atoms with E-state index in [9.17, 15) is 4.79 Å². The first-order valence-corrected chi connectivity index (χ1v) is 9.93. The Morgan fingerprint density at radius 3 is 2.60 bits per heavy atom. The van der Waals surface area contributed by atoms with E-state index in [2.05, 4.69) is 29.6 Å². The van der Waals surface area contributed by atoms with Crippen molar-refractivity contribution in [3.8, 4) is 0 Å². The van der Waals surface area contributed by atoms with Gasteiger partial charge in [-0.2, -0.15) is 0 Å². The van der Waals surface area contributed by atoms with Crippen molar-refractivity contribution in [2.75, 3.05) is 0 Å². The number of aromatic nitrogens is 2. The Morgan fingerprint density at radius 1 is 1.16 bits per heavy atom. The van der Waals surface area contributed by atoms with Gasteiger partial charge in [-0.1, -0.05) is 18.2 Å². The van der Waals surface area contributed by atoms with Crippen LogP contribution in [0.3, 0.4) is 0 Å². The summed E-state index contributed by atoms with van der Waals surface area (Å²) in [6.45, 7) is 1.95. The van der Waals surface area contributed by atoms with E-state index in [0.29, 0.717) is 11.7 Å². The minimum absolute atomic E-state index is 0.162. The molecular weight excluding hydrogens is 328 g/mol. The average molecular weight is 353 g/mol. The van der Waals surface area contributed by atoms with E-state index in [1.165, 1.54) is 15.6 Å². The van der Waals surface area contributed by atoms with Crippen molar-refractivity contribution in [2.45, 2.75) is 38.5 Å². The highest BCUT2D eigenvalue weighted by Gasteiger charge is 2.29. The van der Waals surface area contributed by atoms with E-state index in [1.54, 1.807) is 11.3 Å². The fourth-order valence-electron chi connectivity index (χ4n) is 4.04. The van der Waals surface area contributed by atoms with E-state index in [1.807, 2.05) is 41.8 Å². The number of carbonyl (C=O) groups excluding carboxylic acids is 1. The van der Waals surface area contributed by atoms with Crippen LogP contribution in [-0.4, -0.2) is 15.1 Å². The first kappa shape index (κ1) is 16.4. The topological polar surface area (TPSA) is 26.9 Å². The molecule has 0 radical (unpaired) electrons. The van der Waals surface area contributed by atoms with Gasteiger partial charge in [0.1, 0.15) is 5.70 Å². The number of fused-ring (bicyclic) bond motifs is 1. The van der Waals surface area contributed by atoms with Gasteiger partial charge in [-0.15, -0.1) is 11.3 Å². The van der Waals surface area contributed by atoms with Crippen LogP contribution < -0.4 is 0 Å². The van der Waals surface area contributed by atoms with Crippen molar-refractivity contribution in [2.24, 2.45) is 13.0 Å². The number of ketones is 1. The van der Waals surface area contributed by atoms with Crippen LogP contribution in [0.2, 0.25) is 0 Å². The minimum Gasteiger partial charge on any atom is -0.292 e. The summed E-state index contributed by atoms with van der Waals surface area (Å²) in [5.74, 6) is 1.05. The number of allylic oxidation sites excluding steroid dienone is 2. The molecule has 130 valence electrons. The van der Waals surface area contributed by atoms with Crippen LogP contribution in [0, 0.1) is 5.92 Å². The zero-order valence-electron chi connectivity index (χ0n) is 14.8. The number of Topliss-reactive ketones (excluding diaryl/α,β-unsaturated/α-hetero) is 1. The van der Waals surface area contributed by atoms with E-state index in [0.717, 1.165) is 31.4 Å². The van der Waals surface area contributed by atoms with E-state index in [4.69, 9.17) is 0 Å². The number of hydrogen-bond donors (Lipinski definition) is 0. The van der Waals surface area contributed by atoms with Gasteiger partial charge in [-0.05, 0) is 67.0 Å². The fourth-order valence-corrected chi connectivity index (χ4v) is 4.81. The highest BCUT2D eigenvalue weighted by molar-refractivity contribution is 7.17. The van der Waals surface area contributed by atoms with Crippen molar-refractivity contribution in [3.63, 3.8) is 0 Å². The number of carbonyl (C=O) groups is 1. The Bertz CT molecular complexity index is 919. The SMILES string of the molecule is C/C=C(\C(=O)C1CCC(c2ccc3sccc3c2)CC1)n1ccn1C. The Labute approximate surface area is 152 Å². The van der Waals surface area contributed by atoms with Gasteiger partial charge >= 0.3 is 0 Å². The normalized spacial score (nSPS) is 21.8. The maximum atomic E-state index is 12.9. The van der Waals surface area contributed by atoms with Crippen LogP contribution in [-0.2, 0) is 11.8 Å². The van der Waals surface area contributed by atoms with Crippen LogP contribution in [0.1, 0.15) is 44.1 Å². The first-order chi connectivity index (χ1) is 12.2. The second-order valence-electron chi connectivity index (χ2n) is 7.02. The van der Waals surface area contributed by atoms with Crippen molar-refractivity contribution in [1.82, 2.24) is 9.36 Å². The molecule has 0 amide bonds. The summed E-state index contributed by atoms with van der Waals surface area (Å²) < 4.78 is 5.26. The summed E-state index contributed by atoms with van der Waals surface area (Å²) in [4.78, 5) is 12.9. The molecule has 0 saturated heterocycles. The van der Waals surface area contributed by atoms with Gasteiger partial charge in [0.15, 0.2) is 5.78 Å². The van der Waals surface area contributed by atoms with Crippen LogP contribution in [0.4, 0.5) is 0 Å². The molecule has 2 aromatic heterocycles. The van der Waals surface area contributed by atoms with Crippen molar-refractivity contribution >= 4 is 32.9 Å². The zero-order valence-corrected chi connectivity index (χ0v) is 15.6. The van der Waals surface area contributed by atoms with Crippen LogP contribution in [0.25, 0.3) is 15.8 Å². The molecule has 25 heavy (non-hydrogen) atoms. The molecule has 2 heterocycles. The monoisotopic (exact) mass is 352 g/mol. The number of aryl methyl sites for hydroxylation is 1. The minimum atomic E-state index is 0.162. The molecule has 4 heteroatoms. The predicted octanol–water partition coefficient (Wildman–Crippen LogP) is 5.45. The van der Waals surface area contributed by atoms with Gasteiger partial charge in [0.2, 0.25) is 0 Å². The van der Waals surface area contributed by atoms with Gasteiger partial charge in [0.25, 0.3) is 0 Å². The number of benzene rings is 1. The Balaban J connectivity index is 1.44. The summed E-state index contributed by atoms with van der Waals surface area (Å²) in [5, 5.41) is 3.51. The molecule has 0 atom stereocenters. The van der Waals surface area contributed by atoms with Gasteiger partial charge in [-0.25, -0.2) is 0 Å². The molecule has 1 fully saturated rings. The second-order valence-corrected chi connectivity index (χ2v) is 7.97. The summed E-state index contributed by atoms with van der Waals surface area (Å²) >= 11 is 1.80. The number of rotatable bonds is 4. The van der Waals surface area contributed by atoms with Crippen LogP contribution in [0.15, 0.2) is 48.1 Å². The summed E-state index contributed by atoms with van der Waals surface area (Å²) in [5.41, 5.74) is 2.25. The van der Waals surface area contributed by atoms with E-state index >= 15 is 0 Å². The number of thiophene rings is 1. The molecule has 3 nitrogen and oxygen atoms in total. The van der Waals surface area contributed by atoms with Crippen LogP contribution in [0.5, 0.6) is 0 Å². The standard InChI is InChI=1S/C21H24N2OS/c1-3-19(23-12-11-22(23)2)21(24)16-6-4-15(5-7-16)17-8-9-20-18(14-17)10-13-25-20/h3,8-16H,4-7H2,1-2H3/b19-3+. The molecule has 0 unspecified atom stereocenters. The summed E-state index contributed by atoms with van der Waals surface area (Å²) in [6, 6.07) is 9.07. The Morgan fingerprint density at radius 2 is 1.96 bits per heavy atom. The molecular formula is C21H24N2OS. The molecule has 3 aromatic rings. The van der Waals surface area contributed by atoms with Crippen LogP contribution >= 0.6 is 11.3 Å². The maximum Gasteiger partial charge on any atom is 0.183 e. The molecule has 0 N–H and O–H groups in total. The molecule has 0 bridgehead atoms. The average Bonchev–Trinajstić information content (AvgIpc) is 3.12. The van der Waals surface area contributed by atoms with E-state index in [-0.39, 0.29) is 5.92 Å². The highest BCUT2D eigenvalue weighted by atomic mass is 32.1. The molecule has 1 saturated carbocycles. The largest absolute Gasteiger partial charge is 0.292 e. The Hall–Kier alpha value is -2.07. The molecule has 0 spiro atoms. The van der Waals surface area contributed by atoms with Crippen molar-refractivity contribution < 1.29 is 4.79 Å². The van der Waals surface area contributed by atoms with E-state index < -0.39 is 0 Å². The molecule has 4 rings (SSSR count).